The first kappa shape index (κ1) is 19.6. The number of carbonyl (C=O) groups is 2. The summed E-state index contributed by atoms with van der Waals surface area (Å²) < 4.78 is 13.5. The van der Waals surface area contributed by atoms with E-state index in [1.54, 1.807) is 57.2 Å². The first-order valence-electron chi connectivity index (χ1n) is 8.57. The van der Waals surface area contributed by atoms with Crippen molar-refractivity contribution in [1.82, 2.24) is 5.32 Å². The van der Waals surface area contributed by atoms with Gasteiger partial charge in [-0.15, -0.1) is 0 Å². The number of carboxylic acid groups (broad SMARTS) is 1. The van der Waals surface area contributed by atoms with E-state index in [9.17, 15) is 19.1 Å². The molecule has 26 heavy (non-hydrogen) atoms. The molecule has 0 bridgehead atoms. The van der Waals surface area contributed by atoms with E-state index in [0.29, 0.717) is 17.5 Å². The summed E-state index contributed by atoms with van der Waals surface area (Å²) >= 11 is 0. The van der Waals surface area contributed by atoms with Crippen molar-refractivity contribution in [1.29, 1.82) is 0 Å². The lowest BCUT2D eigenvalue weighted by atomic mass is 9.77. The number of carbonyl (C=O) groups excluding carboxylic acids is 1. The quantitative estimate of drug-likeness (QED) is 0.795. The normalized spacial score (nSPS) is 13.7. The summed E-state index contributed by atoms with van der Waals surface area (Å²) in [5, 5.41) is 12.6. The van der Waals surface area contributed by atoms with Crippen LogP contribution in [0.1, 0.15) is 38.3 Å². The van der Waals surface area contributed by atoms with Gasteiger partial charge in [0, 0.05) is 6.54 Å². The molecule has 0 saturated heterocycles. The SMILES string of the molecule is CCC(CNC(=O)C(C)(C)c1cccc(F)c1)(C(=O)O)c1ccccc1. The minimum atomic E-state index is -1.21. The fraction of sp³-hybridized carbons (Fsp3) is 0.333. The summed E-state index contributed by atoms with van der Waals surface area (Å²) in [5.41, 5.74) is -1.03. The lowest BCUT2D eigenvalue weighted by molar-refractivity contribution is -0.144. The van der Waals surface area contributed by atoms with Crippen LogP contribution in [0.15, 0.2) is 54.6 Å². The van der Waals surface area contributed by atoms with Gasteiger partial charge < -0.3 is 10.4 Å². The highest BCUT2D eigenvalue weighted by atomic mass is 19.1. The molecular formula is C21H24FNO3. The summed E-state index contributed by atoms with van der Waals surface area (Å²) in [7, 11) is 0. The maximum Gasteiger partial charge on any atom is 0.315 e. The molecule has 0 saturated carbocycles. The number of nitrogens with one attached hydrogen (secondary N) is 1. The van der Waals surface area contributed by atoms with Crippen molar-refractivity contribution < 1.29 is 19.1 Å². The highest BCUT2D eigenvalue weighted by molar-refractivity contribution is 5.89. The van der Waals surface area contributed by atoms with Gasteiger partial charge in [0.2, 0.25) is 5.91 Å². The van der Waals surface area contributed by atoms with Crippen LogP contribution in [0.5, 0.6) is 0 Å². The first-order valence-corrected chi connectivity index (χ1v) is 8.57. The van der Waals surface area contributed by atoms with E-state index in [-0.39, 0.29) is 12.5 Å². The maximum absolute atomic E-state index is 13.5. The number of hydrogen-bond acceptors (Lipinski definition) is 2. The molecule has 1 unspecified atom stereocenters. The first-order chi connectivity index (χ1) is 12.2. The van der Waals surface area contributed by atoms with Gasteiger partial charge in [0.05, 0.1) is 5.41 Å². The predicted octanol–water partition coefficient (Wildman–Crippen LogP) is 3.65. The number of amides is 1. The van der Waals surface area contributed by atoms with Crippen LogP contribution in [-0.4, -0.2) is 23.5 Å². The largest absolute Gasteiger partial charge is 0.481 e. The van der Waals surface area contributed by atoms with Crippen molar-refractivity contribution in [3.63, 3.8) is 0 Å². The van der Waals surface area contributed by atoms with Crippen molar-refractivity contribution in [2.45, 2.75) is 38.0 Å². The standard InChI is InChI=1S/C21H24FNO3/c1-4-21(19(25)26,15-9-6-5-7-10-15)14-23-18(24)20(2,3)16-11-8-12-17(22)13-16/h5-13H,4,14H2,1-3H3,(H,23,24)(H,25,26). The van der Waals surface area contributed by atoms with E-state index in [0.717, 1.165) is 0 Å². The summed E-state index contributed by atoms with van der Waals surface area (Å²) in [4.78, 5) is 24.8. The zero-order valence-corrected chi connectivity index (χ0v) is 15.3. The van der Waals surface area contributed by atoms with Crippen LogP contribution in [0.4, 0.5) is 4.39 Å². The molecule has 0 fully saturated rings. The Hall–Kier alpha value is -2.69. The molecule has 2 aromatic rings. The molecule has 1 amide bonds. The second-order valence-corrected chi connectivity index (χ2v) is 6.92. The number of rotatable bonds is 7. The molecule has 0 aromatic heterocycles. The third-order valence-corrected chi connectivity index (χ3v) is 5.00. The van der Waals surface area contributed by atoms with Gasteiger partial charge in [-0.2, -0.15) is 0 Å². The Bertz CT molecular complexity index is 789. The van der Waals surface area contributed by atoms with Gasteiger partial charge in [0.1, 0.15) is 11.2 Å². The van der Waals surface area contributed by atoms with E-state index < -0.39 is 22.6 Å². The van der Waals surface area contributed by atoms with Crippen molar-refractivity contribution in [2.24, 2.45) is 0 Å². The molecule has 0 aliphatic carbocycles. The minimum Gasteiger partial charge on any atom is -0.481 e. The Balaban J connectivity index is 2.26. The molecule has 0 heterocycles. The molecule has 138 valence electrons. The van der Waals surface area contributed by atoms with Crippen LogP contribution in [-0.2, 0) is 20.4 Å². The van der Waals surface area contributed by atoms with Crippen LogP contribution in [0, 0.1) is 5.82 Å². The van der Waals surface area contributed by atoms with E-state index >= 15 is 0 Å². The van der Waals surface area contributed by atoms with Gasteiger partial charge in [0.15, 0.2) is 0 Å². The summed E-state index contributed by atoms with van der Waals surface area (Å²) in [5.74, 6) is -1.76. The van der Waals surface area contributed by atoms with Crippen molar-refractivity contribution in [3.05, 3.63) is 71.5 Å². The third-order valence-electron chi connectivity index (χ3n) is 5.00. The van der Waals surface area contributed by atoms with Crippen molar-refractivity contribution in [3.8, 4) is 0 Å². The number of halogens is 1. The van der Waals surface area contributed by atoms with Gasteiger partial charge >= 0.3 is 5.97 Å². The highest BCUT2D eigenvalue weighted by Gasteiger charge is 2.40. The Morgan fingerprint density at radius 3 is 2.19 bits per heavy atom. The fourth-order valence-electron chi connectivity index (χ4n) is 3.00. The van der Waals surface area contributed by atoms with Gasteiger partial charge in [-0.05, 0) is 43.5 Å². The molecule has 0 aliphatic heterocycles. The van der Waals surface area contributed by atoms with Crippen LogP contribution in [0.2, 0.25) is 0 Å². The van der Waals surface area contributed by atoms with Crippen LogP contribution in [0.25, 0.3) is 0 Å². The van der Waals surface area contributed by atoms with Gasteiger partial charge in [0.25, 0.3) is 0 Å². The molecule has 0 radical (unpaired) electrons. The van der Waals surface area contributed by atoms with Crippen LogP contribution < -0.4 is 5.32 Å². The molecule has 2 rings (SSSR count). The molecule has 5 heteroatoms. The number of carboxylic acids is 1. The monoisotopic (exact) mass is 357 g/mol. The molecule has 4 nitrogen and oxygen atoms in total. The average molecular weight is 357 g/mol. The third kappa shape index (κ3) is 3.77. The molecule has 2 N–H and O–H groups in total. The average Bonchev–Trinajstić information content (AvgIpc) is 2.63. The molecule has 0 aliphatic rings. The number of hydrogen-bond donors (Lipinski definition) is 2. The lowest BCUT2D eigenvalue weighted by Crippen LogP contribution is -2.50. The fourth-order valence-corrected chi connectivity index (χ4v) is 3.00. The van der Waals surface area contributed by atoms with E-state index in [1.165, 1.54) is 12.1 Å². The van der Waals surface area contributed by atoms with Gasteiger partial charge in [-0.1, -0.05) is 49.4 Å². The molecule has 2 aromatic carbocycles. The zero-order chi connectivity index (χ0) is 19.4. The van der Waals surface area contributed by atoms with E-state index in [1.807, 2.05) is 6.07 Å². The zero-order valence-electron chi connectivity index (χ0n) is 15.3. The lowest BCUT2D eigenvalue weighted by Gasteiger charge is -2.31. The van der Waals surface area contributed by atoms with Crippen molar-refractivity contribution >= 4 is 11.9 Å². The van der Waals surface area contributed by atoms with E-state index in [2.05, 4.69) is 5.32 Å². The Kier molecular flexibility index (Phi) is 5.80. The summed E-state index contributed by atoms with van der Waals surface area (Å²) in [6, 6.07) is 14.8. The van der Waals surface area contributed by atoms with Crippen molar-refractivity contribution in [2.75, 3.05) is 6.54 Å². The summed E-state index contributed by atoms with van der Waals surface area (Å²) in [6.07, 6.45) is 0.326. The van der Waals surface area contributed by atoms with Gasteiger partial charge in [-0.3, -0.25) is 9.59 Å². The topological polar surface area (TPSA) is 66.4 Å². The second-order valence-electron chi connectivity index (χ2n) is 6.92. The highest BCUT2D eigenvalue weighted by Crippen LogP contribution is 2.29. The van der Waals surface area contributed by atoms with Crippen LogP contribution in [0.3, 0.4) is 0 Å². The van der Waals surface area contributed by atoms with E-state index in [4.69, 9.17) is 0 Å². The minimum absolute atomic E-state index is 0.0412. The summed E-state index contributed by atoms with van der Waals surface area (Å²) in [6.45, 7) is 5.12. The number of aliphatic carboxylic acids is 1. The predicted molar refractivity (Wildman–Crippen MR) is 98.5 cm³/mol. The number of benzene rings is 2. The Morgan fingerprint density at radius 2 is 1.65 bits per heavy atom. The second kappa shape index (κ2) is 7.68. The Labute approximate surface area is 153 Å². The molecular weight excluding hydrogens is 333 g/mol. The molecule has 0 spiro atoms. The molecule has 1 atom stereocenters. The smallest absolute Gasteiger partial charge is 0.315 e. The van der Waals surface area contributed by atoms with Gasteiger partial charge in [-0.25, -0.2) is 4.39 Å². The maximum atomic E-state index is 13.5. The van der Waals surface area contributed by atoms with Crippen LogP contribution >= 0.6 is 0 Å². The Morgan fingerprint density at radius 1 is 1.04 bits per heavy atom.